The van der Waals surface area contributed by atoms with E-state index >= 15 is 0 Å². The second-order valence-corrected chi connectivity index (χ2v) is 3.78. The molecule has 0 atom stereocenters. The number of ether oxygens (including phenoxy) is 2. The number of nitrogens with one attached hydrogen (secondary N) is 1. The van der Waals surface area contributed by atoms with Crippen molar-refractivity contribution in [2.24, 2.45) is 5.73 Å². The first kappa shape index (κ1) is 14.5. The van der Waals surface area contributed by atoms with Gasteiger partial charge in [0.05, 0.1) is 6.61 Å². The number of benzene rings is 1. The number of amides is 1. The quantitative estimate of drug-likeness (QED) is 0.729. The highest BCUT2D eigenvalue weighted by Crippen LogP contribution is 2.10. The number of carbonyl (C=O) groups is 1. The Balaban J connectivity index is 2.26. The van der Waals surface area contributed by atoms with Gasteiger partial charge in [0.2, 0.25) is 0 Å². The molecule has 100 valence electrons. The van der Waals surface area contributed by atoms with Crippen LogP contribution in [-0.4, -0.2) is 25.9 Å². The summed E-state index contributed by atoms with van der Waals surface area (Å²) in [6.45, 7) is 3.82. The van der Waals surface area contributed by atoms with Crippen LogP contribution in [0, 0.1) is 0 Å². The van der Waals surface area contributed by atoms with Crippen molar-refractivity contribution in [3.8, 4) is 0 Å². The van der Waals surface area contributed by atoms with E-state index in [0.717, 1.165) is 12.0 Å². The minimum Gasteiger partial charge on any atom is -0.447 e. The normalized spacial score (nSPS) is 10.1. The zero-order valence-corrected chi connectivity index (χ0v) is 10.6. The SMILES string of the molecule is CCCOCCOC(=O)Nc1cccc(CN)c1. The molecular weight excluding hydrogens is 232 g/mol. The van der Waals surface area contributed by atoms with Gasteiger partial charge >= 0.3 is 6.09 Å². The molecule has 0 saturated carbocycles. The summed E-state index contributed by atoms with van der Waals surface area (Å²) in [5.41, 5.74) is 7.15. The molecule has 18 heavy (non-hydrogen) atoms. The fourth-order valence-corrected chi connectivity index (χ4v) is 1.37. The maximum absolute atomic E-state index is 11.4. The van der Waals surface area contributed by atoms with Crippen molar-refractivity contribution in [3.63, 3.8) is 0 Å². The minimum absolute atomic E-state index is 0.252. The summed E-state index contributed by atoms with van der Waals surface area (Å²) in [5, 5.41) is 2.64. The summed E-state index contributed by atoms with van der Waals surface area (Å²) >= 11 is 0. The van der Waals surface area contributed by atoms with Crippen molar-refractivity contribution in [1.82, 2.24) is 0 Å². The van der Waals surface area contributed by atoms with Gasteiger partial charge in [0.15, 0.2) is 0 Å². The van der Waals surface area contributed by atoms with E-state index in [9.17, 15) is 4.79 Å². The molecule has 0 bridgehead atoms. The number of nitrogens with two attached hydrogens (primary N) is 1. The average Bonchev–Trinajstić information content (AvgIpc) is 2.38. The molecule has 0 spiro atoms. The Morgan fingerprint density at radius 3 is 2.89 bits per heavy atom. The smallest absolute Gasteiger partial charge is 0.411 e. The Bertz CT molecular complexity index is 369. The minimum atomic E-state index is -0.482. The summed E-state index contributed by atoms with van der Waals surface area (Å²) in [6, 6.07) is 7.33. The largest absolute Gasteiger partial charge is 0.447 e. The molecule has 0 saturated heterocycles. The third-order valence-corrected chi connectivity index (χ3v) is 2.22. The Morgan fingerprint density at radius 2 is 2.17 bits per heavy atom. The topological polar surface area (TPSA) is 73.6 Å². The molecule has 1 amide bonds. The van der Waals surface area contributed by atoms with Crippen molar-refractivity contribution in [1.29, 1.82) is 0 Å². The van der Waals surface area contributed by atoms with Crippen molar-refractivity contribution < 1.29 is 14.3 Å². The van der Waals surface area contributed by atoms with Crippen molar-refractivity contribution in [2.45, 2.75) is 19.9 Å². The van der Waals surface area contributed by atoms with Crippen LogP contribution in [0.15, 0.2) is 24.3 Å². The van der Waals surface area contributed by atoms with Gasteiger partial charge in [-0.3, -0.25) is 5.32 Å². The summed E-state index contributed by atoms with van der Waals surface area (Å²) in [5.74, 6) is 0. The molecule has 0 aliphatic carbocycles. The predicted octanol–water partition coefficient (Wildman–Crippen LogP) is 2.12. The monoisotopic (exact) mass is 252 g/mol. The zero-order valence-electron chi connectivity index (χ0n) is 10.6. The highest BCUT2D eigenvalue weighted by atomic mass is 16.6. The highest BCUT2D eigenvalue weighted by molar-refractivity contribution is 5.84. The molecule has 0 unspecified atom stereocenters. The lowest BCUT2D eigenvalue weighted by Gasteiger charge is -2.08. The lowest BCUT2D eigenvalue weighted by atomic mass is 10.2. The first-order valence-electron chi connectivity index (χ1n) is 6.06. The summed E-state index contributed by atoms with van der Waals surface area (Å²) in [4.78, 5) is 11.4. The van der Waals surface area contributed by atoms with Crippen molar-refractivity contribution in [3.05, 3.63) is 29.8 Å². The van der Waals surface area contributed by atoms with Gasteiger partial charge in [0.1, 0.15) is 6.61 Å². The summed E-state index contributed by atoms with van der Waals surface area (Å²) in [7, 11) is 0. The number of anilines is 1. The third kappa shape index (κ3) is 5.65. The molecule has 1 aromatic carbocycles. The Hall–Kier alpha value is -1.59. The van der Waals surface area contributed by atoms with Crippen LogP contribution in [0.25, 0.3) is 0 Å². The van der Waals surface area contributed by atoms with Gasteiger partial charge in [-0.1, -0.05) is 19.1 Å². The first-order valence-corrected chi connectivity index (χ1v) is 6.06. The molecule has 0 heterocycles. The van der Waals surface area contributed by atoms with Crippen molar-refractivity contribution in [2.75, 3.05) is 25.1 Å². The number of hydrogen-bond acceptors (Lipinski definition) is 4. The second-order valence-electron chi connectivity index (χ2n) is 3.78. The van der Waals surface area contributed by atoms with Gasteiger partial charge in [-0.15, -0.1) is 0 Å². The van der Waals surface area contributed by atoms with Crippen LogP contribution < -0.4 is 11.1 Å². The molecule has 3 N–H and O–H groups in total. The number of hydrogen-bond donors (Lipinski definition) is 2. The highest BCUT2D eigenvalue weighted by Gasteiger charge is 2.03. The van der Waals surface area contributed by atoms with Crippen LogP contribution >= 0.6 is 0 Å². The second kappa shape index (κ2) is 8.49. The first-order chi connectivity index (χ1) is 8.76. The van der Waals surface area contributed by atoms with Gasteiger partial charge in [-0.05, 0) is 24.1 Å². The molecule has 0 aliphatic rings. The maximum Gasteiger partial charge on any atom is 0.411 e. The van der Waals surface area contributed by atoms with E-state index in [1.54, 1.807) is 6.07 Å². The van der Waals surface area contributed by atoms with E-state index in [1.807, 2.05) is 25.1 Å². The van der Waals surface area contributed by atoms with Crippen LogP contribution in [0.2, 0.25) is 0 Å². The molecule has 0 aromatic heterocycles. The number of carbonyl (C=O) groups excluding carboxylic acids is 1. The summed E-state index contributed by atoms with van der Waals surface area (Å²) in [6.07, 6.45) is 0.474. The van der Waals surface area contributed by atoms with E-state index in [1.165, 1.54) is 0 Å². The van der Waals surface area contributed by atoms with Gasteiger partial charge in [0.25, 0.3) is 0 Å². The van der Waals surface area contributed by atoms with E-state index in [-0.39, 0.29) is 6.61 Å². The van der Waals surface area contributed by atoms with Gasteiger partial charge in [0, 0.05) is 18.8 Å². The predicted molar refractivity (Wildman–Crippen MR) is 70.4 cm³/mol. The molecular formula is C13H20N2O3. The van der Waals surface area contributed by atoms with Gasteiger partial charge in [-0.2, -0.15) is 0 Å². The van der Waals surface area contributed by atoms with Crippen LogP contribution in [-0.2, 0) is 16.0 Å². The maximum atomic E-state index is 11.4. The molecule has 5 nitrogen and oxygen atoms in total. The van der Waals surface area contributed by atoms with E-state index in [2.05, 4.69) is 5.32 Å². The Morgan fingerprint density at radius 1 is 1.33 bits per heavy atom. The lowest BCUT2D eigenvalue weighted by molar-refractivity contribution is 0.0786. The number of rotatable bonds is 7. The van der Waals surface area contributed by atoms with Crippen LogP contribution in [0.5, 0.6) is 0 Å². The van der Waals surface area contributed by atoms with Gasteiger partial charge in [-0.25, -0.2) is 4.79 Å². The average molecular weight is 252 g/mol. The van der Waals surface area contributed by atoms with Crippen LogP contribution in [0.4, 0.5) is 10.5 Å². The molecule has 0 aliphatic heterocycles. The third-order valence-electron chi connectivity index (χ3n) is 2.22. The molecule has 0 radical (unpaired) electrons. The van der Waals surface area contributed by atoms with E-state index < -0.39 is 6.09 Å². The lowest BCUT2D eigenvalue weighted by Crippen LogP contribution is -2.17. The molecule has 1 rings (SSSR count). The van der Waals surface area contributed by atoms with Crippen LogP contribution in [0.1, 0.15) is 18.9 Å². The van der Waals surface area contributed by atoms with Gasteiger partial charge < -0.3 is 15.2 Å². The molecule has 1 aromatic rings. The standard InChI is InChI=1S/C13H20N2O3/c1-2-6-17-7-8-18-13(16)15-12-5-3-4-11(9-12)10-14/h3-5,9H,2,6-8,10,14H2,1H3,(H,15,16). The molecule has 5 heteroatoms. The molecule has 0 fully saturated rings. The van der Waals surface area contributed by atoms with E-state index in [4.69, 9.17) is 15.2 Å². The fraction of sp³-hybridized carbons (Fsp3) is 0.462. The fourth-order valence-electron chi connectivity index (χ4n) is 1.37. The van der Waals surface area contributed by atoms with Crippen LogP contribution in [0.3, 0.4) is 0 Å². The zero-order chi connectivity index (χ0) is 13.2. The van der Waals surface area contributed by atoms with Crippen molar-refractivity contribution >= 4 is 11.8 Å². The Kier molecular flexibility index (Phi) is 6.83. The van der Waals surface area contributed by atoms with E-state index in [0.29, 0.717) is 25.4 Å². The summed E-state index contributed by atoms with van der Waals surface area (Å²) < 4.78 is 10.2. The Labute approximate surface area is 107 Å².